The first-order valence-electron chi connectivity index (χ1n) is 13.8. The molecular formula is C33H34ClN3O4. The van der Waals surface area contributed by atoms with E-state index >= 15 is 0 Å². The standard InChI is InChI=1S/C33H33N3O4.ClH/c1-2-40-31-16-27-26(20-36(33(27)39)19-21-11-12-22-7-3-4-8-23(22)13-21)14-28(31)32(38)35-18-30(37)29-15-24-9-5-6-10-25(24)17-34-29;/h3-14,16,29-30,34,37H,2,15,17-20H2,1H3,(H,35,38);1H/t29-,30?;/m0./s1. The first-order valence-corrected chi connectivity index (χ1v) is 13.8. The van der Waals surface area contributed by atoms with Crippen LogP contribution in [0.5, 0.6) is 5.75 Å². The molecule has 7 nitrogen and oxygen atoms in total. The second-order valence-corrected chi connectivity index (χ2v) is 10.5. The first kappa shape index (κ1) is 28.6. The summed E-state index contributed by atoms with van der Waals surface area (Å²) >= 11 is 0. The number of halogens is 1. The van der Waals surface area contributed by atoms with E-state index in [1.165, 1.54) is 11.1 Å². The molecule has 2 heterocycles. The van der Waals surface area contributed by atoms with Crippen LogP contribution in [-0.4, -0.2) is 47.1 Å². The van der Waals surface area contributed by atoms with Gasteiger partial charge in [-0.25, -0.2) is 0 Å². The fraction of sp³-hybridized carbons (Fsp3) is 0.273. The molecule has 2 aliphatic rings. The van der Waals surface area contributed by atoms with E-state index in [4.69, 9.17) is 4.74 Å². The number of carbonyl (C=O) groups is 2. The molecule has 0 bridgehead atoms. The number of aliphatic hydroxyl groups excluding tert-OH is 1. The van der Waals surface area contributed by atoms with E-state index < -0.39 is 6.10 Å². The summed E-state index contributed by atoms with van der Waals surface area (Å²) in [5, 5.41) is 19.4. The number of nitrogens with zero attached hydrogens (tertiary/aromatic N) is 1. The summed E-state index contributed by atoms with van der Waals surface area (Å²) in [6.45, 7) is 3.90. The van der Waals surface area contributed by atoms with Crippen LogP contribution in [0.1, 0.15) is 49.9 Å². The van der Waals surface area contributed by atoms with Crippen molar-refractivity contribution >= 4 is 35.0 Å². The summed E-state index contributed by atoms with van der Waals surface area (Å²) in [6, 6.07) is 25.9. The van der Waals surface area contributed by atoms with Gasteiger partial charge in [-0.3, -0.25) is 9.59 Å². The molecule has 8 heteroatoms. The smallest absolute Gasteiger partial charge is 0.255 e. The molecule has 3 N–H and O–H groups in total. The molecule has 2 amide bonds. The number of hydrogen-bond acceptors (Lipinski definition) is 5. The van der Waals surface area contributed by atoms with Crippen molar-refractivity contribution in [3.63, 3.8) is 0 Å². The third kappa shape index (κ3) is 5.93. The molecule has 0 spiro atoms. The molecule has 0 radical (unpaired) electrons. The second-order valence-electron chi connectivity index (χ2n) is 10.5. The summed E-state index contributed by atoms with van der Waals surface area (Å²) < 4.78 is 5.79. The quantitative estimate of drug-likeness (QED) is 0.287. The van der Waals surface area contributed by atoms with Crippen LogP contribution in [0.15, 0.2) is 78.9 Å². The molecule has 0 aromatic heterocycles. The second kappa shape index (κ2) is 12.3. The molecular weight excluding hydrogens is 538 g/mol. The minimum atomic E-state index is -0.749. The Balaban J connectivity index is 0.00000337. The predicted octanol–water partition coefficient (Wildman–Crippen LogP) is 4.62. The molecule has 41 heavy (non-hydrogen) atoms. The fourth-order valence-corrected chi connectivity index (χ4v) is 5.73. The van der Waals surface area contributed by atoms with Crippen molar-refractivity contribution in [3.8, 4) is 5.75 Å². The zero-order valence-corrected chi connectivity index (χ0v) is 23.7. The maximum atomic E-state index is 13.3. The SMILES string of the molecule is CCOc1cc2c(cc1C(=O)NCC(O)[C@@H]1Cc3ccccc3CN1)CN(Cc1ccc3ccccc3c1)C2=O.Cl. The highest BCUT2D eigenvalue weighted by atomic mass is 35.5. The van der Waals surface area contributed by atoms with Gasteiger partial charge in [0.15, 0.2) is 0 Å². The zero-order chi connectivity index (χ0) is 27.6. The third-order valence-electron chi connectivity index (χ3n) is 7.87. The minimum absolute atomic E-state index is 0. The van der Waals surface area contributed by atoms with Gasteiger partial charge in [0.1, 0.15) is 5.75 Å². The number of amides is 2. The van der Waals surface area contributed by atoms with Crippen LogP contribution in [-0.2, 0) is 26.1 Å². The van der Waals surface area contributed by atoms with Crippen LogP contribution in [0.2, 0.25) is 0 Å². The van der Waals surface area contributed by atoms with Gasteiger partial charge < -0.3 is 25.4 Å². The number of rotatable bonds is 8. The Kier molecular flexibility index (Phi) is 8.59. The van der Waals surface area contributed by atoms with Gasteiger partial charge >= 0.3 is 0 Å². The van der Waals surface area contributed by atoms with Crippen molar-refractivity contribution in [2.24, 2.45) is 0 Å². The fourth-order valence-electron chi connectivity index (χ4n) is 5.73. The maximum Gasteiger partial charge on any atom is 0.255 e. The lowest BCUT2D eigenvalue weighted by atomic mass is 9.93. The van der Waals surface area contributed by atoms with Crippen LogP contribution < -0.4 is 15.4 Å². The molecule has 0 saturated heterocycles. The van der Waals surface area contributed by atoms with Crippen LogP contribution >= 0.6 is 12.4 Å². The Morgan fingerprint density at radius 3 is 2.59 bits per heavy atom. The molecule has 2 atom stereocenters. The maximum absolute atomic E-state index is 13.3. The van der Waals surface area contributed by atoms with Gasteiger partial charge in [0, 0.05) is 37.8 Å². The van der Waals surface area contributed by atoms with Gasteiger partial charge in [-0.2, -0.15) is 0 Å². The Bertz CT molecular complexity index is 1590. The van der Waals surface area contributed by atoms with Crippen molar-refractivity contribution < 1.29 is 19.4 Å². The van der Waals surface area contributed by atoms with Gasteiger partial charge in [0.2, 0.25) is 0 Å². The summed E-state index contributed by atoms with van der Waals surface area (Å²) in [5.41, 5.74) is 5.23. The van der Waals surface area contributed by atoms with Crippen molar-refractivity contribution in [2.75, 3.05) is 13.2 Å². The monoisotopic (exact) mass is 571 g/mol. The van der Waals surface area contributed by atoms with E-state index in [1.807, 2.05) is 37.3 Å². The lowest BCUT2D eigenvalue weighted by Gasteiger charge is -2.30. The number of fused-ring (bicyclic) bond motifs is 3. The molecule has 2 aliphatic heterocycles. The van der Waals surface area contributed by atoms with Crippen LogP contribution in [0, 0.1) is 0 Å². The van der Waals surface area contributed by atoms with Gasteiger partial charge in [0.05, 0.1) is 18.3 Å². The van der Waals surface area contributed by atoms with E-state index in [0.717, 1.165) is 21.9 Å². The summed E-state index contributed by atoms with van der Waals surface area (Å²) in [5.74, 6) is -0.0315. The van der Waals surface area contributed by atoms with Crippen molar-refractivity contribution in [2.45, 2.75) is 45.1 Å². The molecule has 0 aliphatic carbocycles. The van der Waals surface area contributed by atoms with Gasteiger partial charge in [-0.1, -0.05) is 60.7 Å². The Morgan fingerprint density at radius 2 is 1.78 bits per heavy atom. The van der Waals surface area contributed by atoms with Crippen LogP contribution in [0.3, 0.4) is 0 Å². The first-order chi connectivity index (χ1) is 19.5. The lowest BCUT2D eigenvalue weighted by molar-refractivity contribution is 0.0766. The van der Waals surface area contributed by atoms with Crippen molar-refractivity contribution in [1.82, 2.24) is 15.5 Å². The normalized spacial score (nSPS) is 16.5. The number of aliphatic hydroxyl groups is 1. The number of benzene rings is 4. The van der Waals surface area contributed by atoms with Crippen LogP contribution in [0.4, 0.5) is 0 Å². The van der Waals surface area contributed by atoms with Crippen molar-refractivity contribution in [3.05, 3.63) is 112 Å². The number of ether oxygens (including phenoxy) is 1. The van der Waals surface area contributed by atoms with E-state index in [9.17, 15) is 14.7 Å². The molecule has 0 saturated carbocycles. The summed E-state index contributed by atoms with van der Waals surface area (Å²) in [4.78, 5) is 28.4. The molecule has 6 rings (SSSR count). The van der Waals surface area contributed by atoms with E-state index in [2.05, 4.69) is 47.0 Å². The van der Waals surface area contributed by atoms with Crippen molar-refractivity contribution in [1.29, 1.82) is 0 Å². The highest BCUT2D eigenvalue weighted by molar-refractivity contribution is 6.03. The number of hydrogen-bond donors (Lipinski definition) is 3. The highest BCUT2D eigenvalue weighted by Crippen LogP contribution is 2.32. The minimum Gasteiger partial charge on any atom is -0.493 e. The molecule has 0 fully saturated rings. The molecule has 4 aromatic carbocycles. The topological polar surface area (TPSA) is 90.9 Å². The summed E-state index contributed by atoms with van der Waals surface area (Å²) in [7, 11) is 0. The van der Waals surface area contributed by atoms with E-state index in [0.29, 0.717) is 49.5 Å². The average molecular weight is 572 g/mol. The molecule has 4 aromatic rings. The number of nitrogens with one attached hydrogen (secondary N) is 2. The lowest BCUT2D eigenvalue weighted by Crippen LogP contribution is -2.49. The van der Waals surface area contributed by atoms with Gasteiger partial charge in [-0.15, -0.1) is 12.4 Å². The zero-order valence-electron chi connectivity index (χ0n) is 22.9. The molecule has 212 valence electrons. The van der Waals surface area contributed by atoms with Gasteiger partial charge in [-0.05, 0) is 64.6 Å². The summed E-state index contributed by atoms with van der Waals surface area (Å²) in [6.07, 6.45) is -0.0490. The van der Waals surface area contributed by atoms with E-state index in [1.54, 1.807) is 17.0 Å². The van der Waals surface area contributed by atoms with E-state index in [-0.39, 0.29) is 36.8 Å². The highest BCUT2D eigenvalue weighted by Gasteiger charge is 2.31. The predicted molar refractivity (Wildman–Crippen MR) is 161 cm³/mol. The number of carbonyl (C=O) groups excluding carboxylic acids is 2. The van der Waals surface area contributed by atoms with Crippen LogP contribution in [0.25, 0.3) is 10.8 Å². The third-order valence-corrected chi connectivity index (χ3v) is 7.87. The average Bonchev–Trinajstić information content (AvgIpc) is 3.28. The van der Waals surface area contributed by atoms with Gasteiger partial charge in [0.25, 0.3) is 11.8 Å². The largest absolute Gasteiger partial charge is 0.493 e. The Hall–Kier alpha value is -3.91. The Morgan fingerprint density at radius 1 is 1.02 bits per heavy atom. The molecule has 1 unspecified atom stereocenters. The Labute approximate surface area is 245 Å².